The molecular formula is C28H34F4N4O3. The van der Waals surface area contributed by atoms with E-state index in [1.54, 1.807) is 13.0 Å². The van der Waals surface area contributed by atoms with Crippen molar-refractivity contribution in [2.75, 3.05) is 26.7 Å². The van der Waals surface area contributed by atoms with Crippen molar-refractivity contribution < 1.29 is 27.1 Å². The van der Waals surface area contributed by atoms with E-state index in [-0.39, 0.29) is 30.0 Å². The minimum Gasteiger partial charge on any atom is -0.496 e. The Bertz CT molecular complexity index is 1390. The highest BCUT2D eigenvalue weighted by molar-refractivity contribution is 6.08. The summed E-state index contributed by atoms with van der Waals surface area (Å²) in [6, 6.07) is 9.17. The Morgan fingerprint density at radius 2 is 1.87 bits per heavy atom. The van der Waals surface area contributed by atoms with Crippen LogP contribution >= 0.6 is 0 Å². The lowest BCUT2D eigenvalue weighted by molar-refractivity contribution is -0.144. The average Bonchev–Trinajstić information content (AvgIpc) is 3.18. The van der Waals surface area contributed by atoms with Crippen molar-refractivity contribution in [3.05, 3.63) is 63.2 Å². The zero-order valence-electron chi connectivity index (χ0n) is 22.5. The van der Waals surface area contributed by atoms with Crippen LogP contribution in [0.3, 0.4) is 0 Å². The predicted octanol–water partition coefficient (Wildman–Crippen LogP) is 5.06. The van der Waals surface area contributed by atoms with E-state index in [0.29, 0.717) is 48.5 Å². The second-order valence-corrected chi connectivity index (χ2v) is 10.3. The lowest BCUT2D eigenvalue weighted by Gasteiger charge is -2.37. The molecule has 7 nitrogen and oxygen atoms in total. The summed E-state index contributed by atoms with van der Waals surface area (Å²) < 4.78 is 59.8. The number of para-hydroxylation sites is 1. The number of rotatable bonds is 9. The Kier molecular flexibility index (Phi) is 8.39. The number of amides is 1. The number of aryl methyl sites for hydroxylation is 1. The number of pyridine rings is 1. The maximum atomic E-state index is 13.6. The van der Waals surface area contributed by atoms with E-state index in [1.165, 1.54) is 12.0 Å². The molecule has 4 rings (SSSR count). The number of likely N-dealkylation sites (tertiary alicyclic amines) is 1. The van der Waals surface area contributed by atoms with Crippen LogP contribution in [0, 0.1) is 19.8 Å². The molecule has 1 saturated heterocycles. The number of nitrogens with zero attached hydrogens (tertiary/aromatic N) is 2. The molecule has 39 heavy (non-hydrogen) atoms. The molecule has 1 fully saturated rings. The van der Waals surface area contributed by atoms with E-state index in [2.05, 4.69) is 14.9 Å². The summed E-state index contributed by atoms with van der Waals surface area (Å²) in [6.07, 6.45) is -2.54. The molecule has 3 heterocycles. The fourth-order valence-corrected chi connectivity index (χ4v) is 5.67. The number of carbonyl (C=O) groups is 1. The van der Waals surface area contributed by atoms with E-state index in [0.717, 1.165) is 16.6 Å². The number of methoxy groups -OCH3 is 1. The third kappa shape index (κ3) is 5.83. The van der Waals surface area contributed by atoms with Crippen molar-refractivity contribution in [1.29, 1.82) is 0 Å². The van der Waals surface area contributed by atoms with Gasteiger partial charge in [-0.15, -0.1) is 0 Å². The van der Waals surface area contributed by atoms with E-state index in [1.807, 2.05) is 38.1 Å². The molecule has 212 valence electrons. The topological polar surface area (TPSA) is 79.4 Å². The number of carbonyl (C=O) groups excluding carboxylic acids is 1. The summed E-state index contributed by atoms with van der Waals surface area (Å²) in [5.74, 6) is -3.86. The van der Waals surface area contributed by atoms with Gasteiger partial charge in [0.1, 0.15) is 5.75 Å². The predicted molar refractivity (Wildman–Crippen MR) is 141 cm³/mol. The van der Waals surface area contributed by atoms with Gasteiger partial charge in [0.2, 0.25) is 0 Å². The number of ether oxygens (including phenoxy) is 1. The van der Waals surface area contributed by atoms with Crippen LogP contribution in [0.4, 0.5) is 17.6 Å². The highest BCUT2D eigenvalue weighted by Gasteiger charge is 2.43. The number of H-pyrrole nitrogens is 1. The Morgan fingerprint density at radius 3 is 2.51 bits per heavy atom. The summed E-state index contributed by atoms with van der Waals surface area (Å²) in [4.78, 5) is 30.1. The van der Waals surface area contributed by atoms with Gasteiger partial charge in [-0.05, 0) is 64.8 Å². The molecule has 11 heteroatoms. The maximum absolute atomic E-state index is 13.6. The Hall–Kier alpha value is -3.34. The Morgan fingerprint density at radius 1 is 1.21 bits per heavy atom. The van der Waals surface area contributed by atoms with E-state index >= 15 is 0 Å². The molecule has 0 radical (unpaired) electrons. The minimum atomic E-state index is -4.03. The van der Waals surface area contributed by atoms with Crippen LogP contribution in [0.1, 0.15) is 53.1 Å². The van der Waals surface area contributed by atoms with Gasteiger partial charge in [-0.3, -0.25) is 14.5 Å². The van der Waals surface area contributed by atoms with E-state index in [4.69, 9.17) is 4.74 Å². The molecule has 1 amide bonds. The summed E-state index contributed by atoms with van der Waals surface area (Å²) in [5.41, 5.74) is 2.73. The standard InChI is InChI=1S/C28H34F4N4O3/c1-16-13-23(39-4)21(25(37)34-16)14-33-26(38)24-18(3)36(22-8-6-5-7-20(22)24)17(2)19-9-11-35(12-10-19)15-28(31,32)27(29)30/h5-8,13,17,19,27H,9-12,14-15H2,1-4H3,(H,33,38)(H,34,37)/t17-/m1/s1. The van der Waals surface area contributed by atoms with Gasteiger partial charge in [0.15, 0.2) is 0 Å². The molecule has 0 saturated carbocycles. The SMILES string of the molecule is COc1cc(C)[nH]c(=O)c1CNC(=O)c1c(C)n([C@H](C)C2CCN(CC(F)(F)C(F)F)CC2)c2ccccc12. The van der Waals surface area contributed by atoms with Crippen LogP contribution < -0.4 is 15.6 Å². The summed E-state index contributed by atoms with van der Waals surface area (Å²) in [5, 5.41) is 3.62. The molecule has 3 aromatic rings. The van der Waals surface area contributed by atoms with Crippen molar-refractivity contribution in [2.45, 2.75) is 58.5 Å². The average molecular weight is 551 g/mol. The zero-order valence-corrected chi connectivity index (χ0v) is 22.5. The van der Waals surface area contributed by atoms with E-state index < -0.39 is 18.9 Å². The smallest absolute Gasteiger partial charge is 0.319 e. The number of halogens is 4. The van der Waals surface area contributed by atoms with Crippen LogP contribution in [0.25, 0.3) is 10.9 Å². The van der Waals surface area contributed by atoms with E-state index in [9.17, 15) is 27.2 Å². The number of hydrogen-bond acceptors (Lipinski definition) is 4. The van der Waals surface area contributed by atoms with Gasteiger partial charge in [0.05, 0.1) is 31.3 Å². The normalized spacial score (nSPS) is 16.1. The molecule has 0 bridgehead atoms. The molecule has 0 unspecified atom stereocenters. The lowest BCUT2D eigenvalue weighted by Crippen LogP contribution is -2.45. The van der Waals surface area contributed by atoms with Crippen molar-refractivity contribution >= 4 is 16.8 Å². The molecule has 0 aliphatic carbocycles. The first kappa shape index (κ1) is 28.7. The van der Waals surface area contributed by atoms with Crippen molar-refractivity contribution in [1.82, 2.24) is 19.8 Å². The number of benzene rings is 1. The molecule has 1 aromatic carbocycles. The fraction of sp³-hybridized carbons (Fsp3) is 0.500. The summed E-state index contributed by atoms with van der Waals surface area (Å²) >= 11 is 0. The minimum absolute atomic E-state index is 0.0200. The number of fused-ring (bicyclic) bond motifs is 1. The molecular weight excluding hydrogens is 516 g/mol. The van der Waals surface area contributed by atoms with Gasteiger partial charge in [0.25, 0.3) is 11.5 Å². The third-order valence-corrected chi connectivity index (χ3v) is 7.73. The third-order valence-electron chi connectivity index (χ3n) is 7.73. The second kappa shape index (κ2) is 11.4. The lowest BCUT2D eigenvalue weighted by atomic mass is 9.89. The molecule has 2 N–H and O–H groups in total. The summed E-state index contributed by atoms with van der Waals surface area (Å²) in [7, 11) is 1.47. The van der Waals surface area contributed by atoms with Crippen LogP contribution in [-0.4, -0.2) is 59.5 Å². The number of hydrogen-bond donors (Lipinski definition) is 2. The first-order chi connectivity index (χ1) is 18.4. The number of nitrogens with one attached hydrogen (secondary N) is 2. The first-order valence-electron chi connectivity index (χ1n) is 13.0. The highest BCUT2D eigenvalue weighted by Crippen LogP contribution is 2.36. The molecule has 1 atom stereocenters. The van der Waals surface area contributed by atoms with Crippen LogP contribution in [0.2, 0.25) is 0 Å². The van der Waals surface area contributed by atoms with Crippen LogP contribution in [0.5, 0.6) is 5.75 Å². The van der Waals surface area contributed by atoms with Gasteiger partial charge in [-0.25, -0.2) is 8.78 Å². The quantitative estimate of drug-likeness (QED) is 0.365. The monoisotopic (exact) mass is 550 g/mol. The molecule has 1 aliphatic rings. The number of aromatic nitrogens is 2. The van der Waals surface area contributed by atoms with Gasteiger partial charge in [-0.2, -0.15) is 8.78 Å². The van der Waals surface area contributed by atoms with Gasteiger partial charge in [-0.1, -0.05) is 18.2 Å². The van der Waals surface area contributed by atoms with Crippen molar-refractivity contribution in [2.24, 2.45) is 5.92 Å². The largest absolute Gasteiger partial charge is 0.496 e. The van der Waals surface area contributed by atoms with Crippen LogP contribution in [0.15, 0.2) is 35.1 Å². The molecule has 0 spiro atoms. The fourth-order valence-electron chi connectivity index (χ4n) is 5.67. The van der Waals surface area contributed by atoms with Crippen molar-refractivity contribution in [3.63, 3.8) is 0 Å². The number of piperidine rings is 1. The van der Waals surface area contributed by atoms with Crippen LogP contribution in [-0.2, 0) is 6.54 Å². The summed E-state index contributed by atoms with van der Waals surface area (Å²) in [6.45, 7) is 5.28. The van der Waals surface area contributed by atoms with Crippen molar-refractivity contribution in [3.8, 4) is 5.75 Å². The first-order valence-corrected chi connectivity index (χ1v) is 13.0. The van der Waals surface area contributed by atoms with Gasteiger partial charge < -0.3 is 19.6 Å². The highest BCUT2D eigenvalue weighted by atomic mass is 19.3. The zero-order chi connectivity index (χ0) is 28.5. The Labute approximate surface area is 224 Å². The van der Waals surface area contributed by atoms with Gasteiger partial charge in [0, 0.05) is 28.3 Å². The molecule has 2 aromatic heterocycles. The maximum Gasteiger partial charge on any atom is 0.319 e. The molecule has 1 aliphatic heterocycles. The second-order valence-electron chi connectivity index (χ2n) is 10.3. The number of alkyl halides is 4. The number of aromatic amines is 1. The Balaban J connectivity index is 1.55. The van der Waals surface area contributed by atoms with Gasteiger partial charge >= 0.3 is 12.3 Å².